The van der Waals surface area contributed by atoms with Crippen molar-refractivity contribution in [2.45, 2.75) is 108 Å². The summed E-state index contributed by atoms with van der Waals surface area (Å²) >= 11 is 0. The first-order chi connectivity index (χ1) is 48.9. The number of fused-ring (bicyclic) bond motifs is 1. The number of para-hydroxylation sites is 1. The minimum atomic E-state index is -1.22. The van der Waals surface area contributed by atoms with Crippen LogP contribution in [-0.2, 0) is 48.9 Å². The van der Waals surface area contributed by atoms with E-state index in [1.54, 1.807) is 70.9 Å². The molecule has 0 amide bonds. The van der Waals surface area contributed by atoms with E-state index >= 15 is 0 Å². The number of allylic oxidation sites excluding steroid dienone is 6. The van der Waals surface area contributed by atoms with Crippen LogP contribution in [0.25, 0.3) is 41.4 Å². The number of carboxylic acids is 2. The highest BCUT2D eigenvalue weighted by molar-refractivity contribution is 5.93. The van der Waals surface area contributed by atoms with Gasteiger partial charge in [-0.15, -0.1) is 0 Å². The van der Waals surface area contributed by atoms with E-state index in [-0.39, 0.29) is 23.2 Å². The second kappa shape index (κ2) is 29.0. The number of carboxylic acid groups (broad SMARTS) is 2. The molecule has 2 aliphatic heterocycles. The number of carbonyl (C=O) groups excluding carboxylic acids is 3. The lowest BCUT2D eigenvalue weighted by atomic mass is 9.47. The van der Waals surface area contributed by atoms with Crippen LogP contribution in [0.3, 0.4) is 0 Å². The Morgan fingerprint density at radius 3 is 1.44 bits per heavy atom. The van der Waals surface area contributed by atoms with Gasteiger partial charge in [0.15, 0.2) is 18.2 Å². The van der Waals surface area contributed by atoms with Crippen molar-refractivity contribution in [2.75, 3.05) is 42.7 Å². The van der Waals surface area contributed by atoms with E-state index in [1.807, 2.05) is 48.5 Å². The smallest absolute Gasteiger partial charge is 0.330 e. The van der Waals surface area contributed by atoms with Gasteiger partial charge in [-0.1, -0.05) is 24.3 Å². The summed E-state index contributed by atoms with van der Waals surface area (Å²) in [5, 5.41) is 48.0. The fraction of sp³-hybridized carbons (Fsp3) is 0.427. The predicted molar refractivity (Wildman–Crippen MR) is 374 cm³/mol. The van der Waals surface area contributed by atoms with Gasteiger partial charge in [0.1, 0.15) is 58.0 Å². The Morgan fingerprint density at radius 1 is 0.525 bits per heavy atom. The molecule has 12 bridgehead atoms. The first kappa shape index (κ1) is 69.7. The number of hydrogen-bond donors (Lipinski definition) is 3. The summed E-state index contributed by atoms with van der Waals surface area (Å²) in [5.74, 6) is 7.02. The highest BCUT2D eigenvalue weighted by Gasteiger charge is 2.77. The molecular formula is C82H84N2O17. The minimum Gasteiger partial charge on any atom is -0.507 e. The van der Waals surface area contributed by atoms with Crippen LogP contribution in [0.15, 0.2) is 114 Å². The van der Waals surface area contributed by atoms with Gasteiger partial charge in [-0.2, -0.15) is 15.4 Å². The van der Waals surface area contributed by atoms with Crippen molar-refractivity contribution in [1.82, 2.24) is 0 Å². The highest BCUT2D eigenvalue weighted by Crippen LogP contribution is 2.70. The predicted octanol–water partition coefficient (Wildman–Crippen LogP) is 15.2. The molecular weight excluding hydrogens is 1280 g/mol. The maximum atomic E-state index is 11.9. The number of aliphatic carboxylic acids is 2. The summed E-state index contributed by atoms with van der Waals surface area (Å²) in [6, 6.07) is 21.5. The molecule has 0 aromatic heterocycles. The number of hydrogen-bond acceptors (Lipinski definition) is 17. The van der Waals surface area contributed by atoms with E-state index in [4.69, 9.17) is 43.3 Å². The number of esters is 1. The molecule has 1 saturated heterocycles. The van der Waals surface area contributed by atoms with E-state index in [9.17, 15) is 44.7 Å². The van der Waals surface area contributed by atoms with Crippen molar-refractivity contribution in [3.63, 3.8) is 0 Å². The van der Waals surface area contributed by atoms with E-state index < -0.39 is 29.3 Å². The van der Waals surface area contributed by atoms with Crippen LogP contribution in [-0.4, -0.2) is 94.1 Å². The zero-order valence-electron chi connectivity index (χ0n) is 57.6. The number of carbonyl (C=O) groups is 5. The lowest BCUT2D eigenvalue weighted by molar-refractivity contribution is -0.645. The Bertz CT molecular complexity index is 4250. The van der Waals surface area contributed by atoms with Gasteiger partial charge in [0, 0.05) is 81.0 Å². The third kappa shape index (κ3) is 13.0. The topological polar surface area (TPSA) is 277 Å². The van der Waals surface area contributed by atoms with Gasteiger partial charge in [0.2, 0.25) is 0 Å². The monoisotopic (exact) mass is 1370 g/mol. The third-order valence-corrected chi connectivity index (χ3v) is 23.5. The van der Waals surface area contributed by atoms with Crippen molar-refractivity contribution >= 4 is 71.9 Å². The van der Waals surface area contributed by atoms with Crippen LogP contribution in [0.1, 0.15) is 162 Å². The van der Waals surface area contributed by atoms with Gasteiger partial charge in [-0.25, -0.2) is 19.3 Å². The Labute approximate surface area is 587 Å². The van der Waals surface area contributed by atoms with Gasteiger partial charge < -0.3 is 48.5 Å². The molecule has 0 radical (unpaired) electrons. The maximum absolute atomic E-state index is 11.9. The Balaban J connectivity index is 0.000000142. The number of phenolic OH excluding ortho intramolecular Hbond substituents is 1. The summed E-state index contributed by atoms with van der Waals surface area (Å²) < 4.78 is 40.1. The fourth-order valence-corrected chi connectivity index (χ4v) is 20.1. The van der Waals surface area contributed by atoms with Crippen LogP contribution < -0.4 is 14.2 Å². The number of aldehydes is 2. The molecule has 1 atom stereocenters. The van der Waals surface area contributed by atoms with Gasteiger partial charge in [0.05, 0.1) is 35.5 Å². The lowest BCUT2D eigenvalue weighted by Gasteiger charge is -2.68. The van der Waals surface area contributed by atoms with Crippen molar-refractivity contribution in [3.05, 3.63) is 169 Å². The molecule has 19 heteroatoms. The summed E-state index contributed by atoms with van der Waals surface area (Å²) in [6.07, 6.45) is 32.6. The van der Waals surface area contributed by atoms with E-state index in [2.05, 4.69) is 4.74 Å². The average molecular weight is 1370 g/mol. The summed E-state index contributed by atoms with van der Waals surface area (Å²) in [4.78, 5) is 69.6. The molecule has 1 unspecified atom stereocenters. The zero-order valence-corrected chi connectivity index (χ0v) is 57.6. The molecule has 18 rings (SSSR count). The third-order valence-electron chi connectivity index (χ3n) is 23.5. The molecule has 2 heterocycles. The van der Waals surface area contributed by atoms with Crippen LogP contribution in [0.2, 0.25) is 0 Å². The molecule has 14 aliphatic rings. The number of ether oxygens (including phenoxy) is 7. The standard InChI is InChI=1S/C36H32N2O7.2C23H26O5/c1-41-33-18-31(36(42-2)35(44-45-36)26-12-21-11-22(14-26)15-27(35)13-21)23(16-24(33)8-10-34(39)40)7-9-28-17-30(25(19-37)20-38)29-5-3-4-6-32(29)43-28;1-27-20-11-19(18(12-24)10-15(20)3-4-21(25)26)23(28-2)22-16-6-13-5-14(8-16)9-17(22)7-13;1-27-21(26)4-3-15-10-18(12-24)19(11-20(15)25)23(28-2)22-16-6-13-5-14(8-16)9-17(22)7-13/h3-10,16-18,21-22,26-27H,11-15H2,1-2H3,(H,39,40);3-4,10-14,16-17H,5-9H2,1-2H3,(H,25,26);3-4,10-14,16-17,25H,5-9H2,1-2H3/b9-7+,10-8+;2*4-3+,23-22?. The van der Waals surface area contributed by atoms with E-state index in [0.717, 1.165) is 91.2 Å². The van der Waals surface area contributed by atoms with Crippen molar-refractivity contribution in [1.29, 1.82) is 10.5 Å². The molecule has 4 aromatic carbocycles. The van der Waals surface area contributed by atoms with Crippen LogP contribution in [0.5, 0.6) is 23.0 Å². The number of benzene rings is 4. The number of aromatic hydroxyl groups is 1. The molecule has 19 nitrogen and oxygen atoms in total. The average Bonchev–Trinajstić information content (AvgIpc) is 0.668. The van der Waals surface area contributed by atoms with E-state index in [0.29, 0.717) is 114 Å². The Kier molecular flexibility index (Phi) is 20.0. The van der Waals surface area contributed by atoms with Crippen molar-refractivity contribution in [2.24, 2.45) is 71.0 Å². The maximum Gasteiger partial charge on any atom is 0.330 e. The molecule has 12 aliphatic carbocycles. The molecule has 12 saturated carbocycles. The number of nitrogens with zero attached hydrogens (tertiary/aromatic N) is 2. The molecule has 3 N–H and O–H groups in total. The van der Waals surface area contributed by atoms with Gasteiger partial charge in [-0.05, 0) is 257 Å². The largest absolute Gasteiger partial charge is 0.507 e. The second-order valence-electron chi connectivity index (χ2n) is 29.0. The molecule has 101 heavy (non-hydrogen) atoms. The van der Waals surface area contributed by atoms with Crippen LogP contribution >= 0.6 is 0 Å². The SMILES string of the molecule is COC(=C1C2CC3CC(C2)CC1C3)c1cc(OC)c(/C=C/C(=O)O)cc1C=O.COC(=O)/C=C/c1cc(C=O)c(C(OC)=C2C3CC4CC(C3)CC2C4)cc1O.COc1cc(C2(OC)OOC23C2CC4CC(C2)CC3C4)c(/C=C/C2=CC(=C(C#N)C#N)c3ccccc3O2)cc1/C=C/C(=O)O. The number of nitriles is 2. The first-order valence-electron chi connectivity index (χ1n) is 34.9. The summed E-state index contributed by atoms with van der Waals surface area (Å²) in [6.45, 7) is 0. The fourth-order valence-electron chi connectivity index (χ4n) is 20.1. The Morgan fingerprint density at radius 2 is 0.990 bits per heavy atom. The molecule has 1 spiro atoms. The van der Waals surface area contributed by atoms with Crippen LogP contribution in [0.4, 0.5) is 0 Å². The summed E-state index contributed by atoms with van der Waals surface area (Å²) in [7, 11) is 9.32. The number of phenols is 1. The van der Waals surface area contributed by atoms with Crippen molar-refractivity contribution in [3.8, 4) is 35.1 Å². The Hall–Kier alpha value is -9.79. The number of methoxy groups -OCH3 is 6. The molecule has 13 fully saturated rings. The normalized spacial score (nSPS) is 29.1. The van der Waals surface area contributed by atoms with E-state index in [1.165, 1.54) is 120 Å². The van der Waals surface area contributed by atoms with Crippen molar-refractivity contribution < 1.29 is 82.2 Å². The highest BCUT2D eigenvalue weighted by atomic mass is 17.3. The van der Waals surface area contributed by atoms with Gasteiger partial charge in [0.25, 0.3) is 5.79 Å². The van der Waals surface area contributed by atoms with Gasteiger partial charge >= 0.3 is 17.9 Å². The second-order valence-corrected chi connectivity index (χ2v) is 29.0. The summed E-state index contributed by atoms with van der Waals surface area (Å²) in [5.41, 5.74) is 8.33. The minimum absolute atomic E-state index is 0.000260. The van der Waals surface area contributed by atoms with Gasteiger partial charge in [-0.3, -0.25) is 9.59 Å². The van der Waals surface area contributed by atoms with Crippen LogP contribution in [0, 0.1) is 93.7 Å². The zero-order chi connectivity index (χ0) is 71.0. The molecule has 4 aromatic rings. The molecule has 524 valence electrons. The number of rotatable bonds is 18. The quantitative estimate of drug-likeness (QED) is 0.0208. The first-order valence-corrected chi connectivity index (χ1v) is 34.9. The lowest BCUT2D eigenvalue weighted by Crippen LogP contribution is -2.76.